The number of amides is 1. The predicted molar refractivity (Wildman–Crippen MR) is 128 cm³/mol. The standard InChI is InChI=1S/C23H30N6O2S/c1-3-21-26-22(17-6-11-32-23(17)27-21)19-13-28(14-20(25)30)8-9-29(19)18-12-16(31-10-7-24)5-4-15(18)2/h4-6,11-12,19H,3,7-10,13-14,24H2,1-2H3,(H2,25,30). The molecule has 3 heterocycles. The number of aromatic nitrogens is 2. The summed E-state index contributed by atoms with van der Waals surface area (Å²) in [5, 5.41) is 3.12. The summed E-state index contributed by atoms with van der Waals surface area (Å²) in [6.07, 6.45) is 0.764. The molecule has 32 heavy (non-hydrogen) atoms. The number of benzene rings is 1. The van der Waals surface area contributed by atoms with Crippen LogP contribution in [0, 0.1) is 6.92 Å². The fourth-order valence-corrected chi connectivity index (χ4v) is 5.02. The fourth-order valence-electron chi connectivity index (χ4n) is 4.23. The zero-order valence-corrected chi connectivity index (χ0v) is 19.4. The number of nitrogens with zero attached hydrogens (tertiary/aromatic N) is 4. The van der Waals surface area contributed by atoms with Crippen molar-refractivity contribution in [2.45, 2.75) is 26.3 Å². The Morgan fingerprint density at radius 3 is 2.88 bits per heavy atom. The fraction of sp³-hybridized carbons (Fsp3) is 0.435. The molecule has 4 rings (SSSR count). The number of hydrogen-bond acceptors (Lipinski definition) is 8. The van der Waals surface area contributed by atoms with Gasteiger partial charge in [0.15, 0.2) is 0 Å². The molecule has 2 aromatic heterocycles. The van der Waals surface area contributed by atoms with Crippen LogP contribution in [0.2, 0.25) is 0 Å². The van der Waals surface area contributed by atoms with E-state index in [0.29, 0.717) is 19.7 Å². The Labute approximate surface area is 192 Å². The SMILES string of the molecule is CCc1nc(C2CN(CC(N)=O)CCN2c2cc(OCCN)ccc2C)c2ccsc2n1. The topological polar surface area (TPSA) is 111 Å². The third kappa shape index (κ3) is 4.69. The van der Waals surface area contributed by atoms with Gasteiger partial charge in [-0.05, 0) is 30.0 Å². The number of aryl methyl sites for hydroxylation is 2. The van der Waals surface area contributed by atoms with E-state index in [2.05, 4.69) is 47.2 Å². The first-order chi connectivity index (χ1) is 15.5. The Morgan fingerprint density at radius 2 is 2.12 bits per heavy atom. The second-order valence-electron chi connectivity index (χ2n) is 8.01. The minimum Gasteiger partial charge on any atom is -0.492 e. The molecule has 4 N–H and O–H groups in total. The van der Waals surface area contributed by atoms with Gasteiger partial charge in [0, 0.05) is 49.7 Å². The van der Waals surface area contributed by atoms with Gasteiger partial charge in [0.1, 0.15) is 23.0 Å². The molecule has 0 spiro atoms. The van der Waals surface area contributed by atoms with E-state index in [-0.39, 0.29) is 18.5 Å². The molecular formula is C23H30N6O2S. The van der Waals surface area contributed by atoms with Crippen LogP contribution in [0.25, 0.3) is 10.2 Å². The Hall–Kier alpha value is -2.75. The highest BCUT2D eigenvalue weighted by molar-refractivity contribution is 7.16. The van der Waals surface area contributed by atoms with Crippen molar-refractivity contribution in [3.8, 4) is 5.75 Å². The number of carbonyl (C=O) groups excluding carboxylic acids is 1. The molecule has 1 saturated heterocycles. The molecule has 1 fully saturated rings. The van der Waals surface area contributed by atoms with Crippen LogP contribution in [-0.4, -0.2) is 60.1 Å². The molecule has 1 aromatic carbocycles. The zero-order chi connectivity index (χ0) is 22.7. The number of piperazine rings is 1. The Bertz CT molecular complexity index is 1100. The molecule has 1 aliphatic heterocycles. The summed E-state index contributed by atoms with van der Waals surface area (Å²) >= 11 is 1.63. The number of rotatable bonds is 8. The summed E-state index contributed by atoms with van der Waals surface area (Å²) in [6, 6.07) is 8.18. The van der Waals surface area contributed by atoms with Crippen molar-refractivity contribution in [3.05, 3.63) is 46.7 Å². The quantitative estimate of drug-likeness (QED) is 0.537. The maximum absolute atomic E-state index is 11.6. The minimum absolute atomic E-state index is 0.0445. The second kappa shape index (κ2) is 9.81. The van der Waals surface area contributed by atoms with E-state index in [1.165, 1.54) is 0 Å². The first kappa shape index (κ1) is 22.4. The number of primary amides is 1. The maximum atomic E-state index is 11.6. The van der Waals surface area contributed by atoms with Crippen molar-refractivity contribution in [2.75, 3.05) is 44.2 Å². The van der Waals surface area contributed by atoms with Crippen molar-refractivity contribution in [3.63, 3.8) is 0 Å². The predicted octanol–water partition coefficient (Wildman–Crippen LogP) is 2.25. The first-order valence-corrected chi connectivity index (χ1v) is 11.8. The molecule has 1 atom stereocenters. The lowest BCUT2D eigenvalue weighted by molar-refractivity contribution is -0.119. The summed E-state index contributed by atoms with van der Waals surface area (Å²) < 4.78 is 5.80. The van der Waals surface area contributed by atoms with E-state index in [4.69, 9.17) is 26.2 Å². The van der Waals surface area contributed by atoms with Crippen LogP contribution in [-0.2, 0) is 11.2 Å². The molecule has 9 heteroatoms. The largest absolute Gasteiger partial charge is 0.492 e. The molecule has 1 unspecified atom stereocenters. The van der Waals surface area contributed by atoms with Crippen molar-refractivity contribution >= 4 is 33.1 Å². The van der Waals surface area contributed by atoms with Crippen LogP contribution in [0.4, 0.5) is 5.69 Å². The van der Waals surface area contributed by atoms with Gasteiger partial charge in [0.05, 0.1) is 18.3 Å². The molecule has 3 aromatic rings. The van der Waals surface area contributed by atoms with Gasteiger partial charge >= 0.3 is 0 Å². The van der Waals surface area contributed by atoms with E-state index in [1.807, 2.05) is 6.07 Å². The van der Waals surface area contributed by atoms with Crippen molar-refractivity contribution in [1.29, 1.82) is 0 Å². The number of hydrogen-bond donors (Lipinski definition) is 2. The van der Waals surface area contributed by atoms with Crippen molar-refractivity contribution < 1.29 is 9.53 Å². The van der Waals surface area contributed by atoms with Gasteiger partial charge in [-0.1, -0.05) is 13.0 Å². The lowest BCUT2D eigenvalue weighted by Crippen LogP contribution is -2.51. The lowest BCUT2D eigenvalue weighted by Gasteiger charge is -2.43. The van der Waals surface area contributed by atoms with Gasteiger partial charge in [-0.2, -0.15) is 0 Å². The molecule has 0 bridgehead atoms. The summed E-state index contributed by atoms with van der Waals surface area (Å²) in [7, 11) is 0. The van der Waals surface area contributed by atoms with Crippen LogP contribution in [0.1, 0.15) is 30.0 Å². The van der Waals surface area contributed by atoms with Crippen LogP contribution >= 0.6 is 11.3 Å². The number of thiophene rings is 1. The van der Waals surface area contributed by atoms with Gasteiger partial charge in [-0.15, -0.1) is 11.3 Å². The number of carbonyl (C=O) groups is 1. The Balaban J connectivity index is 1.79. The molecule has 0 aliphatic carbocycles. The van der Waals surface area contributed by atoms with E-state index in [1.54, 1.807) is 11.3 Å². The van der Waals surface area contributed by atoms with E-state index in [0.717, 1.165) is 58.2 Å². The van der Waals surface area contributed by atoms with Gasteiger partial charge in [-0.25, -0.2) is 9.97 Å². The molecule has 0 radical (unpaired) electrons. The Kier molecular flexibility index (Phi) is 6.88. The summed E-state index contributed by atoms with van der Waals surface area (Å²) in [6.45, 7) is 7.49. The van der Waals surface area contributed by atoms with E-state index < -0.39 is 0 Å². The summed E-state index contributed by atoms with van der Waals surface area (Å²) in [5.74, 6) is 1.31. The molecule has 8 nitrogen and oxygen atoms in total. The summed E-state index contributed by atoms with van der Waals surface area (Å²) in [5.41, 5.74) is 14.4. The van der Waals surface area contributed by atoms with Crippen molar-refractivity contribution in [1.82, 2.24) is 14.9 Å². The average molecular weight is 455 g/mol. The number of anilines is 1. The number of fused-ring (bicyclic) bond motifs is 1. The molecule has 0 saturated carbocycles. The van der Waals surface area contributed by atoms with Crippen molar-refractivity contribution in [2.24, 2.45) is 11.5 Å². The highest BCUT2D eigenvalue weighted by atomic mass is 32.1. The molecule has 1 aliphatic rings. The monoisotopic (exact) mass is 454 g/mol. The highest BCUT2D eigenvalue weighted by Gasteiger charge is 2.33. The number of ether oxygens (including phenoxy) is 1. The van der Waals surface area contributed by atoms with E-state index in [9.17, 15) is 4.79 Å². The van der Waals surface area contributed by atoms with Gasteiger partial charge in [-0.3, -0.25) is 9.69 Å². The molecule has 1 amide bonds. The average Bonchev–Trinajstić information content (AvgIpc) is 3.26. The minimum atomic E-state index is -0.317. The van der Waals surface area contributed by atoms with Gasteiger partial charge < -0.3 is 21.1 Å². The first-order valence-electron chi connectivity index (χ1n) is 10.9. The van der Waals surface area contributed by atoms with Gasteiger partial charge in [0.25, 0.3) is 0 Å². The molecular weight excluding hydrogens is 424 g/mol. The third-order valence-corrected chi connectivity index (χ3v) is 6.56. The second-order valence-corrected chi connectivity index (χ2v) is 8.91. The van der Waals surface area contributed by atoms with Gasteiger partial charge in [0.2, 0.25) is 5.91 Å². The Morgan fingerprint density at radius 1 is 1.28 bits per heavy atom. The lowest BCUT2D eigenvalue weighted by atomic mass is 10.0. The van der Waals surface area contributed by atoms with Crippen LogP contribution in [0.5, 0.6) is 5.75 Å². The smallest absolute Gasteiger partial charge is 0.231 e. The van der Waals surface area contributed by atoms with E-state index >= 15 is 0 Å². The normalized spacial score (nSPS) is 17.1. The zero-order valence-electron chi connectivity index (χ0n) is 18.6. The molecule has 170 valence electrons. The van der Waals surface area contributed by atoms with Crippen LogP contribution < -0.4 is 21.1 Å². The third-order valence-electron chi connectivity index (χ3n) is 5.75. The summed E-state index contributed by atoms with van der Waals surface area (Å²) in [4.78, 5) is 26.8. The highest BCUT2D eigenvalue weighted by Crippen LogP contribution is 2.37. The van der Waals surface area contributed by atoms with Crippen LogP contribution in [0.3, 0.4) is 0 Å². The number of nitrogens with two attached hydrogens (primary N) is 2. The van der Waals surface area contributed by atoms with Crippen LogP contribution in [0.15, 0.2) is 29.6 Å². The maximum Gasteiger partial charge on any atom is 0.231 e.